The topological polar surface area (TPSA) is 111 Å². The first-order chi connectivity index (χ1) is 8.99. The number of anilines is 1. The SMILES string of the molecule is CCNC(=O)C(=O)Nc1ccc([N+](=O)[O-])cc1OC. The molecule has 0 heterocycles. The summed E-state index contributed by atoms with van der Waals surface area (Å²) in [7, 11) is 1.31. The van der Waals surface area contributed by atoms with Crippen molar-refractivity contribution in [2.75, 3.05) is 19.0 Å². The summed E-state index contributed by atoms with van der Waals surface area (Å²) in [5, 5.41) is 15.2. The summed E-state index contributed by atoms with van der Waals surface area (Å²) in [6.45, 7) is 2.00. The Hall–Kier alpha value is -2.64. The van der Waals surface area contributed by atoms with Crippen molar-refractivity contribution in [3.05, 3.63) is 28.3 Å². The maximum absolute atomic E-state index is 11.5. The van der Waals surface area contributed by atoms with Crippen LogP contribution in [0.5, 0.6) is 5.75 Å². The van der Waals surface area contributed by atoms with Gasteiger partial charge in [0.25, 0.3) is 5.69 Å². The molecule has 2 amide bonds. The third-order valence-electron chi connectivity index (χ3n) is 2.19. The third kappa shape index (κ3) is 3.66. The number of ether oxygens (including phenoxy) is 1. The van der Waals surface area contributed by atoms with Gasteiger partial charge in [-0.2, -0.15) is 0 Å². The lowest BCUT2D eigenvalue weighted by atomic mass is 10.2. The number of nitro groups is 1. The molecule has 1 aromatic carbocycles. The Morgan fingerprint density at radius 1 is 1.37 bits per heavy atom. The largest absolute Gasteiger partial charge is 0.494 e. The Morgan fingerprint density at radius 3 is 2.58 bits per heavy atom. The van der Waals surface area contributed by atoms with E-state index in [1.807, 2.05) is 0 Å². The molecule has 0 spiro atoms. The molecule has 0 aromatic heterocycles. The fourth-order valence-electron chi connectivity index (χ4n) is 1.32. The lowest BCUT2D eigenvalue weighted by Crippen LogP contribution is -2.35. The first-order valence-electron chi connectivity index (χ1n) is 5.41. The number of hydrogen-bond donors (Lipinski definition) is 2. The van der Waals surface area contributed by atoms with Crippen molar-refractivity contribution in [1.29, 1.82) is 0 Å². The Balaban J connectivity index is 2.92. The van der Waals surface area contributed by atoms with Gasteiger partial charge < -0.3 is 15.4 Å². The molecule has 102 valence electrons. The second-order valence-corrected chi connectivity index (χ2v) is 3.46. The van der Waals surface area contributed by atoms with Crippen molar-refractivity contribution in [1.82, 2.24) is 5.32 Å². The zero-order valence-electron chi connectivity index (χ0n) is 10.4. The average molecular weight is 267 g/mol. The van der Waals surface area contributed by atoms with Crippen molar-refractivity contribution < 1.29 is 19.2 Å². The lowest BCUT2D eigenvalue weighted by Gasteiger charge is -2.09. The molecule has 1 rings (SSSR count). The van der Waals surface area contributed by atoms with E-state index in [-0.39, 0.29) is 17.1 Å². The number of amides is 2. The number of hydrogen-bond acceptors (Lipinski definition) is 5. The van der Waals surface area contributed by atoms with Gasteiger partial charge in [-0.1, -0.05) is 0 Å². The number of nitro benzene ring substituents is 1. The van der Waals surface area contributed by atoms with Gasteiger partial charge in [-0.25, -0.2) is 0 Å². The van der Waals surface area contributed by atoms with Gasteiger partial charge in [0.15, 0.2) is 0 Å². The summed E-state index contributed by atoms with van der Waals surface area (Å²) in [6, 6.07) is 3.66. The first kappa shape index (κ1) is 14.4. The smallest absolute Gasteiger partial charge is 0.313 e. The van der Waals surface area contributed by atoms with Crippen molar-refractivity contribution >= 4 is 23.2 Å². The quantitative estimate of drug-likeness (QED) is 0.473. The van der Waals surface area contributed by atoms with Gasteiger partial charge in [0, 0.05) is 12.6 Å². The van der Waals surface area contributed by atoms with E-state index < -0.39 is 16.7 Å². The van der Waals surface area contributed by atoms with Crippen LogP contribution in [-0.2, 0) is 9.59 Å². The number of carbonyl (C=O) groups is 2. The predicted molar refractivity (Wildman–Crippen MR) is 67.0 cm³/mol. The van der Waals surface area contributed by atoms with Gasteiger partial charge >= 0.3 is 11.8 Å². The highest BCUT2D eigenvalue weighted by Crippen LogP contribution is 2.28. The van der Waals surface area contributed by atoms with Crippen molar-refractivity contribution in [2.24, 2.45) is 0 Å². The Kier molecular flexibility index (Phi) is 4.81. The molecular formula is C11H13N3O5. The second-order valence-electron chi connectivity index (χ2n) is 3.46. The van der Waals surface area contributed by atoms with Crippen LogP contribution in [0.15, 0.2) is 18.2 Å². The van der Waals surface area contributed by atoms with E-state index in [0.717, 1.165) is 6.07 Å². The van der Waals surface area contributed by atoms with E-state index >= 15 is 0 Å². The van der Waals surface area contributed by atoms with E-state index in [2.05, 4.69) is 10.6 Å². The Bertz CT molecular complexity index is 515. The van der Waals surface area contributed by atoms with Gasteiger partial charge in [-0.05, 0) is 13.0 Å². The minimum absolute atomic E-state index is 0.104. The number of nitrogens with one attached hydrogen (secondary N) is 2. The van der Waals surface area contributed by atoms with Crippen LogP contribution < -0.4 is 15.4 Å². The lowest BCUT2D eigenvalue weighted by molar-refractivity contribution is -0.384. The minimum Gasteiger partial charge on any atom is -0.494 e. The zero-order chi connectivity index (χ0) is 14.4. The molecule has 0 aliphatic rings. The molecule has 0 radical (unpaired) electrons. The normalized spacial score (nSPS) is 9.58. The van der Waals surface area contributed by atoms with Crippen LogP contribution in [0.3, 0.4) is 0 Å². The van der Waals surface area contributed by atoms with E-state index in [0.29, 0.717) is 6.54 Å². The molecule has 0 saturated carbocycles. The summed E-state index contributed by atoms with van der Waals surface area (Å²) in [5.41, 5.74) is 0.0113. The molecule has 0 aliphatic carbocycles. The van der Waals surface area contributed by atoms with Crippen molar-refractivity contribution in [3.8, 4) is 5.75 Å². The van der Waals surface area contributed by atoms with Gasteiger partial charge in [0.1, 0.15) is 5.75 Å². The van der Waals surface area contributed by atoms with Crippen LogP contribution >= 0.6 is 0 Å². The highest BCUT2D eigenvalue weighted by molar-refractivity contribution is 6.39. The number of nitrogens with zero attached hydrogens (tertiary/aromatic N) is 1. The van der Waals surface area contributed by atoms with Crippen LogP contribution in [0.2, 0.25) is 0 Å². The van der Waals surface area contributed by atoms with Crippen LogP contribution in [-0.4, -0.2) is 30.4 Å². The third-order valence-corrected chi connectivity index (χ3v) is 2.19. The molecule has 0 atom stereocenters. The molecule has 0 saturated heterocycles. The number of rotatable bonds is 4. The highest BCUT2D eigenvalue weighted by atomic mass is 16.6. The molecule has 1 aromatic rings. The molecular weight excluding hydrogens is 254 g/mol. The van der Waals surface area contributed by atoms with E-state index in [4.69, 9.17) is 4.74 Å². The van der Waals surface area contributed by atoms with E-state index in [1.54, 1.807) is 6.92 Å². The number of benzene rings is 1. The zero-order valence-corrected chi connectivity index (χ0v) is 10.4. The fourth-order valence-corrected chi connectivity index (χ4v) is 1.32. The number of likely N-dealkylation sites (N-methyl/N-ethyl adjacent to an activating group) is 1. The van der Waals surface area contributed by atoms with Gasteiger partial charge in [0.2, 0.25) is 0 Å². The second kappa shape index (κ2) is 6.34. The standard InChI is InChI=1S/C11H13N3O5/c1-3-12-10(15)11(16)13-8-5-4-7(14(17)18)6-9(8)19-2/h4-6H,3H2,1-2H3,(H,12,15)(H,13,16). The molecule has 0 unspecified atom stereocenters. The molecule has 2 N–H and O–H groups in total. The van der Waals surface area contributed by atoms with Gasteiger partial charge in [-0.15, -0.1) is 0 Å². The monoisotopic (exact) mass is 267 g/mol. The number of methoxy groups -OCH3 is 1. The minimum atomic E-state index is -0.867. The van der Waals surface area contributed by atoms with Crippen LogP contribution in [0.25, 0.3) is 0 Å². The van der Waals surface area contributed by atoms with E-state index in [9.17, 15) is 19.7 Å². The number of carbonyl (C=O) groups excluding carboxylic acids is 2. The molecule has 0 aliphatic heterocycles. The summed E-state index contributed by atoms with van der Waals surface area (Å²) < 4.78 is 4.93. The van der Waals surface area contributed by atoms with Crippen LogP contribution in [0.1, 0.15) is 6.92 Å². The summed E-state index contributed by atoms with van der Waals surface area (Å²) in [6.07, 6.45) is 0. The van der Waals surface area contributed by atoms with Crippen LogP contribution in [0.4, 0.5) is 11.4 Å². The maximum atomic E-state index is 11.5. The molecule has 0 fully saturated rings. The Morgan fingerprint density at radius 2 is 2.05 bits per heavy atom. The molecule has 8 nitrogen and oxygen atoms in total. The fraction of sp³-hybridized carbons (Fsp3) is 0.273. The van der Waals surface area contributed by atoms with Crippen LogP contribution in [0, 0.1) is 10.1 Å². The van der Waals surface area contributed by atoms with Gasteiger partial charge in [-0.3, -0.25) is 19.7 Å². The molecule has 19 heavy (non-hydrogen) atoms. The summed E-state index contributed by atoms with van der Waals surface area (Å²) >= 11 is 0. The highest BCUT2D eigenvalue weighted by Gasteiger charge is 2.17. The predicted octanol–water partition coefficient (Wildman–Crippen LogP) is 0.678. The molecule has 0 bridgehead atoms. The first-order valence-corrected chi connectivity index (χ1v) is 5.41. The van der Waals surface area contributed by atoms with E-state index in [1.165, 1.54) is 19.2 Å². The average Bonchev–Trinajstić information content (AvgIpc) is 2.39. The van der Waals surface area contributed by atoms with Crippen molar-refractivity contribution in [2.45, 2.75) is 6.92 Å². The summed E-state index contributed by atoms with van der Waals surface area (Å²) in [5.74, 6) is -1.55. The van der Waals surface area contributed by atoms with Gasteiger partial charge in [0.05, 0.1) is 23.8 Å². The molecule has 8 heteroatoms. The number of non-ortho nitro benzene ring substituents is 1. The Labute approximate surface area is 108 Å². The van der Waals surface area contributed by atoms with Crippen molar-refractivity contribution in [3.63, 3.8) is 0 Å². The maximum Gasteiger partial charge on any atom is 0.313 e. The summed E-state index contributed by atoms with van der Waals surface area (Å²) in [4.78, 5) is 32.7.